The Kier molecular flexibility index (Phi) is 6.20. The lowest BCUT2D eigenvalue weighted by Crippen LogP contribution is -2.29. The monoisotopic (exact) mass is 500 g/mol. The average molecular weight is 501 g/mol. The topological polar surface area (TPSA) is 89.0 Å². The van der Waals surface area contributed by atoms with Gasteiger partial charge in [-0.15, -0.1) is 0 Å². The summed E-state index contributed by atoms with van der Waals surface area (Å²) < 4.78 is 12.1. The van der Waals surface area contributed by atoms with Crippen LogP contribution in [0.5, 0.6) is 11.5 Å². The molecular weight excluding hydrogens is 476 g/mol. The summed E-state index contributed by atoms with van der Waals surface area (Å²) >= 11 is 1.33. The predicted octanol–water partition coefficient (Wildman–Crippen LogP) is 5.50. The summed E-state index contributed by atoms with van der Waals surface area (Å²) in [7, 11) is 3.01. The van der Waals surface area contributed by atoms with Crippen molar-refractivity contribution in [1.82, 2.24) is 4.98 Å². The first kappa shape index (κ1) is 23.6. The number of fused-ring (bicyclic) bond motifs is 1. The number of thiazole rings is 1. The minimum Gasteiger partial charge on any atom is -0.507 e. The van der Waals surface area contributed by atoms with Crippen LogP contribution in [0.2, 0.25) is 0 Å². The van der Waals surface area contributed by atoms with Crippen LogP contribution >= 0.6 is 11.3 Å². The van der Waals surface area contributed by atoms with E-state index in [9.17, 15) is 14.7 Å². The number of para-hydroxylation sites is 1. The van der Waals surface area contributed by atoms with Crippen molar-refractivity contribution in [3.63, 3.8) is 0 Å². The van der Waals surface area contributed by atoms with Gasteiger partial charge in [-0.25, -0.2) is 4.98 Å². The van der Waals surface area contributed by atoms with E-state index in [1.54, 1.807) is 42.5 Å². The molecule has 1 aliphatic rings. The van der Waals surface area contributed by atoms with E-state index in [1.807, 2.05) is 24.3 Å². The number of anilines is 1. The van der Waals surface area contributed by atoms with Crippen LogP contribution in [0.3, 0.4) is 0 Å². The average Bonchev–Trinajstić information content (AvgIpc) is 3.45. The zero-order valence-electron chi connectivity index (χ0n) is 20.0. The Labute approximate surface area is 212 Å². The number of Topliss-reactive ketones (excluding diaryl/α,β-unsaturated/α-hetero) is 1. The Morgan fingerprint density at radius 3 is 2.50 bits per heavy atom. The highest BCUT2D eigenvalue weighted by atomic mass is 32.1. The third kappa shape index (κ3) is 3.79. The minimum atomic E-state index is -0.971. The number of amides is 1. The van der Waals surface area contributed by atoms with Gasteiger partial charge in [-0.05, 0) is 30.2 Å². The lowest BCUT2D eigenvalue weighted by atomic mass is 9.94. The Bertz CT molecular complexity index is 1510. The van der Waals surface area contributed by atoms with Gasteiger partial charge in [0.2, 0.25) is 0 Å². The number of carbonyl (C=O) groups excluding carboxylic acids is 2. The van der Waals surface area contributed by atoms with E-state index < -0.39 is 17.7 Å². The number of carbonyl (C=O) groups is 2. The smallest absolute Gasteiger partial charge is 0.301 e. The third-order valence-electron chi connectivity index (χ3n) is 6.28. The summed E-state index contributed by atoms with van der Waals surface area (Å²) in [6.45, 7) is 2.07. The molecule has 1 fully saturated rings. The number of benzene rings is 3. The first-order chi connectivity index (χ1) is 17.5. The van der Waals surface area contributed by atoms with Crippen LogP contribution in [-0.2, 0) is 16.0 Å². The molecule has 0 unspecified atom stereocenters. The molecule has 36 heavy (non-hydrogen) atoms. The fraction of sp³-hybridized carbons (Fsp3) is 0.179. The molecular formula is C28H24N2O5S. The number of methoxy groups -OCH3 is 2. The number of hydrogen-bond acceptors (Lipinski definition) is 7. The highest BCUT2D eigenvalue weighted by Crippen LogP contribution is 2.48. The molecule has 2 heterocycles. The summed E-state index contributed by atoms with van der Waals surface area (Å²) in [4.78, 5) is 33.0. The molecule has 1 amide bonds. The van der Waals surface area contributed by atoms with Gasteiger partial charge < -0.3 is 14.6 Å². The Balaban J connectivity index is 1.78. The largest absolute Gasteiger partial charge is 0.507 e. The first-order valence-electron chi connectivity index (χ1n) is 11.4. The zero-order valence-corrected chi connectivity index (χ0v) is 20.8. The van der Waals surface area contributed by atoms with Gasteiger partial charge in [0, 0.05) is 11.1 Å². The van der Waals surface area contributed by atoms with Gasteiger partial charge in [-0.1, -0.05) is 66.8 Å². The van der Waals surface area contributed by atoms with Crippen LogP contribution < -0.4 is 14.4 Å². The van der Waals surface area contributed by atoms with Gasteiger partial charge in [-0.3, -0.25) is 14.5 Å². The van der Waals surface area contributed by atoms with Crippen LogP contribution in [0.25, 0.3) is 16.0 Å². The highest BCUT2D eigenvalue weighted by molar-refractivity contribution is 7.22. The molecule has 182 valence electrons. The van der Waals surface area contributed by atoms with Crippen molar-refractivity contribution in [2.45, 2.75) is 19.4 Å². The first-order valence-corrected chi connectivity index (χ1v) is 12.3. The van der Waals surface area contributed by atoms with Gasteiger partial charge in [-0.2, -0.15) is 0 Å². The third-order valence-corrected chi connectivity index (χ3v) is 7.29. The molecule has 0 aliphatic carbocycles. The summed E-state index contributed by atoms with van der Waals surface area (Å²) in [5, 5.41) is 11.7. The van der Waals surface area contributed by atoms with Crippen LogP contribution in [0.15, 0.2) is 72.3 Å². The van der Waals surface area contributed by atoms with Crippen molar-refractivity contribution in [3.05, 3.63) is 89.0 Å². The van der Waals surface area contributed by atoms with Crippen molar-refractivity contribution in [3.8, 4) is 11.5 Å². The van der Waals surface area contributed by atoms with E-state index in [2.05, 4.69) is 6.92 Å². The number of rotatable bonds is 6. The fourth-order valence-corrected chi connectivity index (χ4v) is 5.54. The molecule has 0 bridgehead atoms. The van der Waals surface area contributed by atoms with Crippen molar-refractivity contribution < 1.29 is 24.2 Å². The minimum absolute atomic E-state index is 0.0359. The van der Waals surface area contributed by atoms with Crippen LogP contribution in [0.4, 0.5) is 5.13 Å². The molecule has 3 aromatic carbocycles. The second kappa shape index (κ2) is 9.47. The highest BCUT2D eigenvalue weighted by Gasteiger charge is 2.49. The van der Waals surface area contributed by atoms with Gasteiger partial charge in [0.25, 0.3) is 5.78 Å². The number of nitrogens with zero attached hydrogens (tertiary/aromatic N) is 2. The Morgan fingerprint density at radius 1 is 1.03 bits per heavy atom. The van der Waals surface area contributed by atoms with Gasteiger partial charge in [0.1, 0.15) is 11.8 Å². The lowest BCUT2D eigenvalue weighted by molar-refractivity contribution is -0.132. The van der Waals surface area contributed by atoms with Crippen molar-refractivity contribution in [1.29, 1.82) is 0 Å². The number of ketones is 1. The molecule has 5 rings (SSSR count). The second-order valence-corrected chi connectivity index (χ2v) is 9.28. The van der Waals surface area contributed by atoms with Gasteiger partial charge in [0.15, 0.2) is 16.6 Å². The van der Waals surface area contributed by atoms with Crippen molar-refractivity contribution in [2.24, 2.45) is 0 Å². The molecule has 0 saturated carbocycles. The number of hydrogen-bond donors (Lipinski definition) is 1. The summed E-state index contributed by atoms with van der Waals surface area (Å²) in [6, 6.07) is 18.9. The summed E-state index contributed by atoms with van der Waals surface area (Å²) in [5.74, 6) is -1.01. The standard InChI is InChI=1S/C28H24N2O5S/c1-4-16-13-14-19-21(15-16)36-28(29-19)30-23(18-11-8-12-20(34-2)26(18)35-3)22(25(32)27(30)33)24(31)17-9-6-5-7-10-17/h5-15,23,31H,4H2,1-3H3/t23-/m0/s1. The lowest BCUT2D eigenvalue weighted by Gasteiger charge is -2.25. The van der Waals surface area contributed by atoms with Gasteiger partial charge in [0.05, 0.1) is 30.0 Å². The van der Waals surface area contributed by atoms with E-state index in [0.717, 1.165) is 22.2 Å². The Hall–Kier alpha value is -4.17. The Morgan fingerprint density at radius 2 is 1.81 bits per heavy atom. The van der Waals surface area contributed by atoms with E-state index in [4.69, 9.17) is 14.5 Å². The summed E-state index contributed by atoms with van der Waals surface area (Å²) in [6.07, 6.45) is 0.867. The predicted molar refractivity (Wildman–Crippen MR) is 140 cm³/mol. The maximum atomic E-state index is 13.5. The maximum absolute atomic E-state index is 13.5. The van der Waals surface area contributed by atoms with Crippen molar-refractivity contribution >= 4 is 44.1 Å². The molecule has 4 aromatic rings. The molecule has 0 spiro atoms. The molecule has 1 aliphatic heterocycles. The number of aryl methyl sites for hydroxylation is 1. The normalized spacial score (nSPS) is 17.1. The molecule has 8 heteroatoms. The van der Waals surface area contributed by atoms with Crippen LogP contribution in [0.1, 0.15) is 29.7 Å². The molecule has 1 saturated heterocycles. The SMILES string of the molecule is CCc1ccc2nc(N3C(=O)C(=O)C(=C(O)c4ccccc4)[C@@H]3c3cccc(OC)c3OC)sc2c1. The number of ether oxygens (including phenoxy) is 2. The molecule has 1 atom stereocenters. The molecule has 0 radical (unpaired) electrons. The van der Waals surface area contributed by atoms with E-state index in [0.29, 0.717) is 27.8 Å². The van der Waals surface area contributed by atoms with Crippen molar-refractivity contribution in [2.75, 3.05) is 19.1 Å². The van der Waals surface area contributed by atoms with Crippen LogP contribution in [-0.4, -0.2) is 36.0 Å². The molecule has 1 aromatic heterocycles. The van der Waals surface area contributed by atoms with Gasteiger partial charge >= 0.3 is 5.91 Å². The van der Waals surface area contributed by atoms with E-state index >= 15 is 0 Å². The molecule has 7 nitrogen and oxygen atoms in total. The fourth-order valence-electron chi connectivity index (χ4n) is 4.48. The number of aliphatic hydroxyl groups is 1. The summed E-state index contributed by atoms with van der Waals surface area (Å²) in [5.41, 5.74) is 2.77. The maximum Gasteiger partial charge on any atom is 0.301 e. The molecule has 1 N–H and O–H groups in total. The number of aromatic nitrogens is 1. The van der Waals surface area contributed by atoms with E-state index in [-0.39, 0.29) is 11.3 Å². The van der Waals surface area contributed by atoms with Crippen LogP contribution in [0, 0.1) is 0 Å². The zero-order chi connectivity index (χ0) is 25.4. The number of aliphatic hydroxyl groups excluding tert-OH is 1. The second-order valence-electron chi connectivity index (χ2n) is 8.27. The van der Waals surface area contributed by atoms with E-state index in [1.165, 1.54) is 30.5 Å². The quantitative estimate of drug-likeness (QED) is 0.214.